The second-order valence-electron chi connectivity index (χ2n) is 8.31. The fourth-order valence-corrected chi connectivity index (χ4v) is 4.37. The normalized spacial score (nSPS) is 16.1. The lowest BCUT2D eigenvalue weighted by Gasteiger charge is -2.17. The van der Waals surface area contributed by atoms with Gasteiger partial charge in [0.25, 0.3) is 5.91 Å². The zero-order valence-corrected chi connectivity index (χ0v) is 18.0. The van der Waals surface area contributed by atoms with Crippen LogP contribution < -0.4 is 11.1 Å². The van der Waals surface area contributed by atoms with E-state index in [-0.39, 0.29) is 17.6 Å². The van der Waals surface area contributed by atoms with Crippen molar-refractivity contribution in [2.24, 2.45) is 12.8 Å². The van der Waals surface area contributed by atoms with E-state index in [1.54, 1.807) is 6.92 Å². The minimum absolute atomic E-state index is 0.0919. The van der Waals surface area contributed by atoms with Crippen molar-refractivity contribution in [1.29, 1.82) is 0 Å². The van der Waals surface area contributed by atoms with Crippen LogP contribution in [0.1, 0.15) is 23.8 Å². The Bertz CT molecular complexity index is 1380. The summed E-state index contributed by atoms with van der Waals surface area (Å²) in [5.74, 6) is -0.519. The number of carbonyl (C=O) groups is 2. The molecule has 32 heavy (non-hydrogen) atoms. The van der Waals surface area contributed by atoms with Crippen molar-refractivity contribution >= 4 is 39.4 Å². The number of fused-ring (bicyclic) bond motifs is 2. The molecular formula is C24H24N6O2. The van der Waals surface area contributed by atoms with Crippen LogP contribution in [0.2, 0.25) is 0 Å². The molecule has 2 aromatic heterocycles. The Kier molecular flexibility index (Phi) is 4.77. The zero-order valence-electron chi connectivity index (χ0n) is 18.0. The number of nitrogens with two attached hydrogens (primary N) is 1. The molecule has 0 saturated carbocycles. The summed E-state index contributed by atoms with van der Waals surface area (Å²) in [6.45, 7) is 3.02. The van der Waals surface area contributed by atoms with Crippen molar-refractivity contribution < 1.29 is 9.59 Å². The minimum atomic E-state index is -0.610. The summed E-state index contributed by atoms with van der Waals surface area (Å²) in [4.78, 5) is 34.3. The number of hydrogen-bond donors (Lipinski definition) is 2. The summed E-state index contributed by atoms with van der Waals surface area (Å²) >= 11 is 0. The van der Waals surface area contributed by atoms with Crippen molar-refractivity contribution in [3.63, 3.8) is 0 Å². The maximum absolute atomic E-state index is 11.7. The van der Waals surface area contributed by atoms with Crippen LogP contribution in [0, 0.1) is 0 Å². The molecule has 4 aromatic rings. The topological polar surface area (TPSA) is 106 Å². The highest BCUT2D eigenvalue weighted by molar-refractivity contribution is 5.99. The number of nitrogens with one attached hydrogen (secondary N) is 1. The summed E-state index contributed by atoms with van der Waals surface area (Å²) in [6.07, 6.45) is 4.32. The van der Waals surface area contributed by atoms with Crippen LogP contribution in [0.4, 0.5) is 5.69 Å². The van der Waals surface area contributed by atoms with E-state index < -0.39 is 5.91 Å². The first-order chi connectivity index (χ1) is 15.4. The summed E-state index contributed by atoms with van der Waals surface area (Å²) < 4.78 is 2.07. The Labute approximate surface area is 185 Å². The predicted molar refractivity (Wildman–Crippen MR) is 124 cm³/mol. The van der Waals surface area contributed by atoms with Gasteiger partial charge in [0.1, 0.15) is 5.69 Å². The molecule has 0 radical (unpaired) electrons. The molecule has 0 bridgehead atoms. The van der Waals surface area contributed by atoms with E-state index in [9.17, 15) is 9.59 Å². The third-order valence-electron chi connectivity index (χ3n) is 6.10. The number of nitrogens with zero attached hydrogens (tertiary/aromatic N) is 4. The first kappa shape index (κ1) is 20.0. The molecule has 5 rings (SSSR count). The number of amides is 2. The molecule has 1 fully saturated rings. The highest BCUT2D eigenvalue weighted by Crippen LogP contribution is 2.33. The molecule has 8 heteroatoms. The van der Waals surface area contributed by atoms with Crippen LogP contribution in [0.5, 0.6) is 0 Å². The maximum atomic E-state index is 11.7. The van der Waals surface area contributed by atoms with Gasteiger partial charge in [-0.15, -0.1) is 0 Å². The molecule has 2 amide bonds. The quantitative estimate of drug-likeness (QED) is 0.520. The van der Waals surface area contributed by atoms with Gasteiger partial charge in [-0.1, -0.05) is 12.1 Å². The van der Waals surface area contributed by atoms with E-state index >= 15 is 0 Å². The molecule has 3 N–H and O–H groups in total. The molecule has 8 nitrogen and oxygen atoms in total. The number of likely N-dealkylation sites (tertiary alicyclic amines) is 1. The maximum Gasteiger partial charge on any atom is 0.268 e. The van der Waals surface area contributed by atoms with Crippen LogP contribution in [0.15, 0.2) is 48.8 Å². The Hall–Kier alpha value is -3.94. The number of hydrogen-bond acceptors (Lipinski definition) is 5. The van der Waals surface area contributed by atoms with Crippen LogP contribution in [0.3, 0.4) is 0 Å². The molecule has 3 heterocycles. The Morgan fingerprint density at radius 1 is 1.19 bits per heavy atom. The largest absolute Gasteiger partial charge is 0.380 e. The van der Waals surface area contributed by atoms with Crippen LogP contribution in [-0.2, 0) is 11.8 Å². The van der Waals surface area contributed by atoms with Crippen LogP contribution in [-0.4, -0.2) is 50.4 Å². The van der Waals surface area contributed by atoms with E-state index in [1.807, 2.05) is 36.3 Å². The molecule has 1 atom stereocenters. The second kappa shape index (κ2) is 7.64. The number of aryl methyl sites for hydroxylation is 1. The van der Waals surface area contributed by atoms with E-state index in [0.29, 0.717) is 17.6 Å². The minimum Gasteiger partial charge on any atom is -0.380 e. The van der Waals surface area contributed by atoms with Crippen LogP contribution in [0.25, 0.3) is 33.1 Å². The first-order valence-corrected chi connectivity index (χ1v) is 10.6. The summed E-state index contributed by atoms with van der Waals surface area (Å²) in [7, 11) is 2.01. The van der Waals surface area contributed by atoms with Gasteiger partial charge in [0.05, 0.1) is 17.2 Å². The van der Waals surface area contributed by atoms with Gasteiger partial charge in [-0.05, 0) is 41.6 Å². The number of benzene rings is 2. The lowest BCUT2D eigenvalue weighted by Crippen LogP contribution is -2.29. The second-order valence-corrected chi connectivity index (χ2v) is 8.31. The monoisotopic (exact) mass is 428 g/mol. The van der Waals surface area contributed by atoms with Crippen molar-refractivity contribution in [3.8, 4) is 11.1 Å². The lowest BCUT2D eigenvalue weighted by molar-refractivity contribution is -0.127. The number of primary amides is 1. The highest BCUT2D eigenvalue weighted by atomic mass is 16.2. The molecule has 0 aliphatic carbocycles. The van der Waals surface area contributed by atoms with E-state index in [4.69, 9.17) is 5.73 Å². The molecule has 0 spiro atoms. The van der Waals surface area contributed by atoms with Gasteiger partial charge < -0.3 is 20.5 Å². The fourth-order valence-electron chi connectivity index (χ4n) is 4.37. The standard InChI is InChI=1S/C24H24N6O2/c1-14(31)30-8-6-17(13-30)27-18-10-19(16-4-3-15-5-7-29(2)22(15)9-16)23-20(11-18)26-12-21(28-23)24(25)32/h3-5,7,9-12,17,27H,6,8,13H2,1-2H3,(H2,25,32). The fraction of sp³-hybridized carbons (Fsp3) is 0.250. The summed E-state index contributed by atoms with van der Waals surface area (Å²) in [6, 6.07) is 12.4. The van der Waals surface area contributed by atoms with Gasteiger partial charge in [0, 0.05) is 56.1 Å². The Morgan fingerprint density at radius 3 is 2.78 bits per heavy atom. The number of aromatic nitrogens is 3. The van der Waals surface area contributed by atoms with E-state index in [0.717, 1.165) is 40.7 Å². The van der Waals surface area contributed by atoms with Crippen molar-refractivity contribution in [1.82, 2.24) is 19.4 Å². The first-order valence-electron chi connectivity index (χ1n) is 10.6. The summed E-state index contributed by atoms with van der Waals surface area (Å²) in [5.41, 5.74) is 10.7. The van der Waals surface area contributed by atoms with Crippen LogP contribution >= 0.6 is 0 Å². The van der Waals surface area contributed by atoms with E-state index in [1.165, 1.54) is 6.20 Å². The highest BCUT2D eigenvalue weighted by Gasteiger charge is 2.24. The molecule has 162 valence electrons. The number of anilines is 1. The van der Waals surface area contributed by atoms with Crippen molar-refractivity contribution in [3.05, 3.63) is 54.5 Å². The lowest BCUT2D eigenvalue weighted by atomic mass is 10.0. The van der Waals surface area contributed by atoms with Crippen molar-refractivity contribution in [2.45, 2.75) is 19.4 Å². The molecule has 2 aromatic carbocycles. The third kappa shape index (κ3) is 3.53. The SMILES string of the molecule is CC(=O)N1CCC(Nc2cc(-c3ccc4ccn(C)c4c3)c3nc(C(N)=O)cnc3c2)C1. The molecule has 1 saturated heterocycles. The van der Waals surface area contributed by atoms with E-state index in [2.05, 4.69) is 38.1 Å². The average molecular weight is 428 g/mol. The molecule has 1 aliphatic rings. The van der Waals surface area contributed by atoms with Crippen molar-refractivity contribution in [2.75, 3.05) is 18.4 Å². The smallest absolute Gasteiger partial charge is 0.268 e. The Balaban J connectivity index is 1.62. The average Bonchev–Trinajstić information content (AvgIpc) is 3.39. The van der Waals surface area contributed by atoms with Gasteiger partial charge in [-0.3, -0.25) is 14.6 Å². The van der Waals surface area contributed by atoms with Gasteiger partial charge in [-0.2, -0.15) is 0 Å². The molecular weight excluding hydrogens is 404 g/mol. The van der Waals surface area contributed by atoms with Gasteiger partial charge in [0.2, 0.25) is 5.91 Å². The Morgan fingerprint density at radius 2 is 2.03 bits per heavy atom. The van der Waals surface area contributed by atoms with Gasteiger partial charge >= 0.3 is 0 Å². The molecule has 1 unspecified atom stereocenters. The number of rotatable bonds is 4. The third-order valence-corrected chi connectivity index (χ3v) is 6.10. The zero-order chi connectivity index (χ0) is 22.4. The predicted octanol–water partition coefficient (Wildman–Crippen LogP) is 2.92. The van der Waals surface area contributed by atoms with Gasteiger partial charge in [-0.25, -0.2) is 4.98 Å². The van der Waals surface area contributed by atoms with Gasteiger partial charge in [0.15, 0.2) is 0 Å². The molecule has 1 aliphatic heterocycles. The number of carbonyl (C=O) groups excluding carboxylic acids is 2. The summed E-state index contributed by atoms with van der Waals surface area (Å²) in [5, 5.41) is 4.70.